The molecule has 1 saturated heterocycles. The highest BCUT2D eigenvalue weighted by Crippen LogP contribution is 2.53. The Hall–Kier alpha value is -1.75. The van der Waals surface area contributed by atoms with Gasteiger partial charge in [-0.3, -0.25) is 4.79 Å². The van der Waals surface area contributed by atoms with Gasteiger partial charge >= 0.3 is 6.09 Å². The van der Waals surface area contributed by atoms with Crippen LogP contribution in [0.5, 0.6) is 0 Å². The number of hydrogen-bond acceptors (Lipinski definition) is 3. The summed E-state index contributed by atoms with van der Waals surface area (Å²) in [4.78, 5) is 26.1. The number of benzene rings is 1. The lowest BCUT2D eigenvalue weighted by molar-refractivity contribution is -0.0955. The molecule has 2 aliphatic rings. The number of ether oxygens (including phenoxy) is 1. The van der Waals surface area contributed by atoms with Crippen molar-refractivity contribution in [2.75, 3.05) is 13.1 Å². The number of rotatable bonds is 5. The molecule has 0 radical (unpaired) electrons. The van der Waals surface area contributed by atoms with Crippen molar-refractivity contribution < 1.29 is 14.3 Å². The molecule has 1 aliphatic carbocycles. The second kappa shape index (κ2) is 7.47. The average molecular weight is 379 g/mol. The second-order valence-corrected chi connectivity index (χ2v) is 8.39. The van der Waals surface area contributed by atoms with Crippen LogP contribution in [0, 0.1) is 11.3 Å². The zero-order valence-electron chi connectivity index (χ0n) is 15.6. The molecule has 26 heavy (non-hydrogen) atoms. The van der Waals surface area contributed by atoms with E-state index in [1.54, 1.807) is 29.2 Å². The fourth-order valence-electron chi connectivity index (χ4n) is 4.17. The number of carbonyl (C=O) groups is 2. The van der Waals surface area contributed by atoms with E-state index in [4.69, 9.17) is 16.3 Å². The van der Waals surface area contributed by atoms with Crippen molar-refractivity contribution in [3.8, 4) is 0 Å². The van der Waals surface area contributed by atoms with Crippen LogP contribution in [0.15, 0.2) is 24.3 Å². The summed E-state index contributed by atoms with van der Waals surface area (Å²) in [6, 6.07) is 7.12. The summed E-state index contributed by atoms with van der Waals surface area (Å²) in [5, 5.41) is 3.79. The van der Waals surface area contributed by atoms with Crippen LogP contribution in [0.3, 0.4) is 0 Å². The first kappa shape index (κ1) is 19.0. The number of nitrogens with zero attached hydrogens (tertiary/aromatic N) is 1. The first-order valence-corrected chi connectivity index (χ1v) is 9.72. The Kier molecular flexibility index (Phi) is 5.47. The summed E-state index contributed by atoms with van der Waals surface area (Å²) in [5.74, 6) is 0.421. The quantitative estimate of drug-likeness (QED) is 0.838. The van der Waals surface area contributed by atoms with E-state index in [1.165, 1.54) is 0 Å². The Labute approximate surface area is 160 Å². The van der Waals surface area contributed by atoms with Crippen LogP contribution in [0.2, 0.25) is 5.02 Å². The Morgan fingerprint density at radius 1 is 1.27 bits per heavy atom. The maximum Gasteiger partial charge on any atom is 0.410 e. The van der Waals surface area contributed by atoms with Gasteiger partial charge in [-0.05, 0) is 63.3 Å². The van der Waals surface area contributed by atoms with Gasteiger partial charge in [0.05, 0.1) is 6.10 Å². The second-order valence-electron chi connectivity index (χ2n) is 7.95. The fourth-order valence-corrected chi connectivity index (χ4v) is 4.30. The number of likely N-dealkylation sites (tertiary alicyclic amines) is 1. The third-order valence-electron chi connectivity index (χ3n) is 5.47. The lowest BCUT2D eigenvalue weighted by Crippen LogP contribution is -2.66. The van der Waals surface area contributed by atoms with Gasteiger partial charge in [-0.1, -0.05) is 18.5 Å². The van der Waals surface area contributed by atoms with E-state index >= 15 is 0 Å². The molecule has 2 fully saturated rings. The summed E-state index contributed by atoms with van der Waals surface area (Å²) >= 11 is 5.88. The van der Waals surface area contributed by atoms with Crippen LogP contribution in [0.4, 0.5) is 4.79 Å². The van der Waals surface area contributed by atoms with Crippen molar-refractivity contribution in [3.05, 3.63) is 34.9 Å². The minimum Gasteiger partial charge on any atom is -0.447 e. The van der Waals surface area contributed by atoms with E-state index in [1.807, 2.05) is 13.8 Å². The highest BCUT2D eigenvalue weighted by molar-refractivity contribution is 6.30. The third-order valence-corrected chi connectivity index (χ3v) is 5.72. The first-order valence-electron chi connectivity index (χ1n) is 9.34. The zero-order valence-corrected chi connectivity index (χ0v) is 16.4. The molecule has 0 bridgehead atoms. The number of hydrogen-bond donors (Lipinski definition) is 1. The van der Waals surface area contributed by atoms with Crippen molar-refractivity contribution in [2.24, 2.45) is 11.3 Å². The summed E-state index contributed by atoms with van der Waals surface area (Å²) in [6.07, 6.45) is 2.72. The smallest absolute Gasteiger partial charge is 0.410 e. The van der Waals surface area contributed by atoms with Gasteiger partial charge in [-0.15, -0.1) is 0 Å². The van der Waals surface area contributed by atoms with E-state index < -0.39 is 0 Å². The molecule has 3 rings (SSSR count). The predicted octanol–water partition coefficient (Wildman–Crippen LogP) is 4.11. The Morgan fingerprint density at radius 3 is 2.42 bits per heavy atom. The van der Waals surface area contributed by atoms with Crippen molar-refractivity contribution in [3.63, 3.8) is 0 Å². The van der Waals surface area contributed by atoms with Crippen LogP contribution in [-0.2, 0) is 4.74 Å². The van der Waals surface area contributed by atoms with Gasteiger partial charge in [0.1, 0.15) is 0 Å². The van der Waals surface area contributed by atoms with Crippen LogP contribution >= 0.6 is 11.6 Å². The monoisotopic (exact) mass is 378 g/mol. The van der Waals surface area contributed by atoms with Gasteiger partial charge in [0.15, 0.2) is 0 Å². The van der Waals surface area contributed by atoms with Gasteiger partial charge in [-0.2, -0.15) is 0 Å². The maximum atomic E-state index is 12.4. The zero-order chi connectivity index (χ0) is 18.9. The summed E-state index contributed by atoms with van der Waals surface area (Å²) < 4.78 is 5.24. The molecular formula is C20H27ClN2O3. The minimum absolute atomic E-state index is 0.0507. The van der Waals surface area contributed by atoms with E-state index in [0.29, 0.717) is 16.5 Å². The molecule has 1 N–H and O–H groups in total. The average Bonchev–Trinajstić information content (AvgIpc) is 2.50. The van der Waals surface area contributed by atoms with Crippen molar-refractivity contribution in [1.29, 1.82) is 0 Å². The third kappa shape index (κ3) is 3.98. The van der Waals surface area contributed by atoms with Crippen molar-refractivity contribution >= 4 is 23.6 Å². The van der Waals surface area contributed by atoms with Crippen molar-refractivity contribution in [1.82, 2.24) is 10.2 Å². The topological polar surface area (TPSA) is 58.6 Å². The molecule has 5 nitrogen and oxygen atoms in total. The van der Waals surface area contributed by atoms with Gasteiger partial charge in [0.2, 0.25) is 0 Å². The Bertz CT molecular complexity index is 660. The molecular weight excluding hydrogens is 352 g/mol. The molecule has 1 heterocycles. The molecule has 142 valence electrons. The van der Waals surface area contributed by atoms with Gasteiger partial charge in [0.25, 0.3) is 5.91 Å². The van der Waals surface area contributed by atoms with E-state index in [2.05, 4.69) is 12.2 Å². The molecule has 1 aliphatic heterocycles. The minimum atomic E-state index is -0.211. The van der Waals surface area contributed by atoms with Crippen LogP contribution in [0.25, 0.3) is 0 Å². The summed E-state index contributed by atoms with van der Waals surface area (Å²) in [6.45, 7) is 7.38. The Balaban J connectivity index is 1.48. The highest BCUT2D eigenvalue weighted by atomic mass is 35.5. The number of amides is 2. The molecule has 1 spiro atoms. The van der Waals surface area contributed by atoms with Crippen LogP contribution in [-0.4, -0.2) is 42.1 Å². The largest absolute Gasteiger partial charge is 0.447 e. The highest BCUT2D eigenvalue weighted by Gasteiger charge is 2.55. The molecule has 2 amide bonds. The first-order chi connectivity index (χ1) is 12.3. The normalized spacial score (nSPS) is 19.7. The van der Waals surface area contributed by atoms with E-state index in [9.17, 15) is 9.59 Å². The van der Waals surface area contributed by atoms with Gasteiger partial charge < -0.3 is 15.0 Å². The summed E-state index contributed by atoms with van der Waals surface area (Å²) in [5.41, 5.74) is 0.868. The lowest BCUT2D eigenvalue weighted by Gasteiger charge is -2.60. The van der Waals surface area contributed by atoms with E-state index in [-0.39, 0.29) is 29.6 Å². The molecule has 1 atom stereocenters. The SMILES string of the molecule is CCC(NC(=O)c1ccc(Cl)cc1)C1CC2(C1)CN(C(=O)OC(C)C)C2. The number of nitrogens with one attached hydrogen (secondary N) is 1. The maximum absolute atomic E-state index is 12.4. The molecule has 1 saturated carbocycles. The molecule has 1 aromatic carbocycles. The lowest BCUT2D eigenvalue weighted by atomic mass is 9.55. The Morgan fingerprint density at radius 2 is 1.88 bits per heavy atom. The fraction of sp³-hybridized carbons (Fsp3) is 0.600. The van der Waals surface area contributed by atoms with Gasteiger partial charge in [0, 0.05) is 35.1 Å². The molecule has 1 aromatic rings. The predicted molar refractivity (Wildman–Crippen MR) is 101 cm³/mol. The van der Waals surface area contributed by atoms with Gasteiger partial charge in [-0.25, -0.2) is 4.79 Å². The van der Waals surface area contributed by atoms with Crippen LogP contribution < -0.4 is 5.32 Å². The van der Waals surface area contributed by atoms with E-state index in [0.717, 1.165) is 32.4 Å². The number of halogens is 1. The standard InChI is InChI=1S/C20H27ClN2O3/c1-4-17(22-18(24)14-5-7-16(21)8-6-14)15-9-20(10-15)11-23(12-20)19(25)26-13(2)3/h5-8,13,15,17H,4,9-12H2,1-3H3,(H,22,24). The number of carbonyl (C=O) groups excluding carboxylic acids is 2. The molecule has 1 unspecified atom stereocenters. The van der Waals surface area contributed by atoms with Crippen molar-refractivity contribution in [2.45, 2.75) is 52.2 Å². The molecule has 0 aromatic heterocycles. The summed E-state index contributed by atoms with van der Waals surface area (Å²) in [7, 11) is 0. The van der Waals surface area contributed by atoms with Crippen LogP contribution in [0.1, 0.15) is 50.4 Å². The molecule has 6 heteroatoms.